The number of aryl methyl sites for hydroxylation is 3. The summed E-state index contributed by atoms with van der Waals surface area (Å²) in [7, 11) is 0. The summed E-state index contributed by atoms with van der Waals surface area (Å²) in [6.45, 7) is 5.76. The number of aromatic nitrogens is 4. The highest BCUT2D eigenvalue weighted by Crippen LogP contribution is 2.27. The molecule has 4 rings (SSSR count). The molecule has 0 radical (unpaired) electrons. The average Bonchev–Trinajstić information content (AvgIpc) is 3.01. The second-order valence-electron chi connectivity index (χ2n) is 6.52. The monoisotopic (exact) mass is 357 g/mol. The number of nitrogens with zero attached hydrogens (tertiary/aromatic N) is 4. The lowest BCUT2D eigenvalue weighted by molar-refractivity contribution is 0.102. The zero-order valence-electron chi connectivity index (χ0n) is 15.4. The fourth-order valence-electron chi connectivity index (χ4n) is 3.09. The molecule has 0 bridgehead atoms. The van der Waals surface area contributed by atoms with E-state index >= 15 is 0 Å². The van der Waals surface area contributed by atoms with Gasteiger partial charge in [0.1, 0.15) is 0 Å². The highest BCUT2D eigenvalue weighted by Gasteiger charge is 2.20. The summed E-state index contributed by atoms with van der Waals surface area (Å²) >= 11 is 0. The fourth-order valence-corrected chi connectivity index (χ4v) is 3.09. The van der Waals surface area contributed by atoms with Crippen LogP contribution in [0.1, 0.15) is 27.4 Å². The van der Waals surface area contributed by atoms with Gasteiger partial charge in [0, 0.05) is 5.69 Å². The van der Waals surface area contributed by atoms with Crippen molar-refractivity contribution in [2.75, 3.05) is 5.32 Å². The molecule has 2 aromatic carbocycles. The molecule has 134 valence electrons. The molecule has 2 heterocycles. The van der Waals surface area contributed by atoms with E-state index in [9.17, 15) is 4.79 Å². The third kappa shape index (κ3) is 3.06. The van der Waals surface area contributed by atoms with Crippen LogP contribution < -0.4 is 5.32 Å². The number of hydrogen-bond donors (Lipinski definition) is 1. The van der Waals surface area contributed by atoms with Crippen molar-refractivity contribution >= 4 is 17.2 Å². The fraction of sp³-hybridized carbons (Fsp3) is 0.143. The van der Waals surface area contributed by atoms with Crippen LogP contribution in [0.25, 0.3) is 16.8 Å². The van der Waals surface area contributed by atoms with Crippen LogP contribution in [0.4, 0.5) is 5.69 Å². The maximum atomic E-state index is 12.7. The molecule has 0 unspecified atom stereocenters. The van der Waals surface area contributed by atoms with E-state index in [0.717, 1.165) is 22.4 Å². The van der Waals surface area contributed by atoms with Gasteiger partial charge in [0.25, 0.3) is 5.91 Å². The van der Waals surface area contributed by atoms with Crippen molar-refractivity contribution in [2.45, 2.75) is 20.8 Å². The van der Waals surface area contributed by atoms with Crippen LogP contribution in [0.3, 0.4) is 0 Å². The quantitative estimate of drug-likeness (QED) is 0.602. The second-order valence-corrected chi connectivity index (χ2v) is 6.52. The highest BCUT2D eigenvalue weighted by atomic mass is 16.2. The van der Waals surface area contributed by atoms with Crippen molar-refractivity contribution in [1.29, 1.82) is 0 Å². The molecule has 6 heteroatoms. The number of benzene rings is 2. The Hall–Kier alpha value is -3.54. The Morgan fingerprint density at radius 3 is 2.33 bits per heavy atom. The molecule has 27 heavy (non-hydrogen) atoms. The number of carbonyl (C=O) groups excluding carboxylic acids is 1. The van der Waals surface area contributed by atoms with Crippen LogP contribution >= 0.6 is 0 Å². The molecule has 0 aliphatic heterocycles. The van der Waals surface area contributed by atoms with E-state index in [4.69, 9.17) is 0 Å². The van der Waals surface area contributed by atoms with Crippen molar-refractivity contribution in [3.05, 3.63) is 77.2 Å². The summed E-state index contributed by atoms with van der Waals surface area (Å²) in [6.07, 6.45) is 0. The number of nitrogens with one attached hydrogen (secondary N) is 1. The maximum Gasteiger partial charge on any atom is 0.278 e. The van der Waals surface area contributed by atoms with Gasteiger partial charge in [-0.15, -0.1) is 10.2 Å². The number of rotatable bonds is 3. The zero-order valence-corrected chi connectivity index (χ0v) is 15.4. The second kappa shape index (κ2) is 6.64. The van der Waals surface area contributed by atoms with Crippen molar-refractivity contribution in [1.82, 2.24) is 19.8 Å². The normalized spacial score (nSPS) is 10.9. The van der Waals surface area contributed by atoms with Gasteiger partial charge in [0.05, 0.1) is 17.0 Å². The first-order chi connectivity index (χ1) is 13.0. The molecule has 1 amide bonds. The first-order valence-electron chi connectivity index (χ1n) is 8.70. The van der Waals surface area contributed by atoms with Gasteiger partial charge in [-0.3, -0.25) is 4.79 Å². The Morgan fingerprint density at radius 2 is 1.63 bits per heavy atom. The van der Waals surface area contributed by atoms with Crippen LogP contribution in [0.2, 0.25) is 0 Å². The van der Waals surface area contributed by atoms with Gasteiger partial charge in [0.15, 0.2) is 11.3 Å². The van der Waals surface area contributed by atoms with Gasteiger partial charge in [-0.2, -0.15) is 5.10 Å². The summed E-state index contributed by atoms with van der Waals surface area (Å²) in [6, 6.07) is 17.6. The molecule has 0 aliphatic carbocycles. The molecular formula is C21H19N5O. The lowest BCUT2D eigenvalue weighted by Gasteiger charge is -2.08. The van der Waals surface area contributed by atoms with Gasteiger partial charge in [-0.05, 0) is 38.5 Å². The molecule has 0 saturated heterocycles. The van der Waals surface area contributed by atoms with Crippen LogP contribution in [0, 0.1) is 20.8 Å². The topological polar surface area (TPSA) is 72.2 Å². The van der Waals surface area contributed by atoms with Gasteiger partial charge < -0.3 is 5.32 Å². The lowest BCUT2D eigenvalue weighted by Crippen LogP contribution is -2.18. The number of carbonyl (C=O) groups is 1. The minimum absolute atomic E-state index is 0.255. The van der Waals surface area contributed by atoms with E-state index in [1.165, 1.54) is 0 Å². The summed E-state index contributed by atoms with van der Waals surface area (Å²) in [4.78, 5) is 12.7. The predicted molar refractivity (Wildman–Crippen MR) is 105 cm³/mol. The standard InChI is InChI=1S/C21H19N5O/c1-13-9-11-17(12-10-13)22-21(27)19-15(3)26-20(24-23-19)18(14(2)25-26)16-7-5-4-6-8-16/h4-12H,1-3H3,(H,22,27). The van der Waals surface area contributed by atoms with E-state index in [-0.39, 0.29) is 11.6 Å². The molecule has 0 saturated carbocycles. The molecule has 0 fully saturated rings. The number of anilines is 1. The van der Waals surface area contributed by atoms with E-state index in [1.807, 2.05) is 75.4 Å². The highest BCUT2D eigenvalue weighted by molar-refractivity contribution is 6.03. The Labute approximate surface area is 156 Å². The largest absolute Gasteiger partial charge is 0.321 e. The molecular weight excluding hydrogens is 338 g/mol. The first kappa shape index (κ1) is 16.9. The van der Waals surface area contributed by atoms with Crippen LogP contribution in [-0.2, 0) is 0 Å². The van der Waals surface area contributed by atoms with Crippen LogP contribution in [0.15, 0.2) is 54.6 Å². The minimum Gasteiger partial charge on any atom is -0.321 e. The number of fused-ring (bicyclic) bond motifs is 1. The Balaban J connectivity index is 1.75. The third-order valence-electron chi connectivity index (χ3n) is 4.53. The predicted octanol–water partition coefficient (Wildman–Crippen LogP) is 3.97. The minimum atomic E-state index is -0.305. The average molecular weight is 357 g/mol. The number of hydrogen-bond acceptors (Lipinski definition) is 4. The van der Waals surface area contributed by atoms with E-state index in [1.54, 1.807) is 4.52 Å². The zero-order chi connectivity index (χ0) is 19.0. The van der Waals surface area contributed by atoms with Gasteiger partial charge in [-0.25, -0.2) is 4.52 Å². The summed E-state index contributed by atoms with van der Waals surface area (Å²) in [5, 5.41) is 15.9. The van der Waals surface area contributed by atoms with Crippen molar-refractivity contribution in [2.24, 2.45) is 0 Å². The van der Waals surface area contributed by atoms with E-state index < -0.39 is 0 Å². The molecule has 2 aromatic heterocycles. The Kier molecular flexibility index (Phi) is 4.16. The van der Waals surface area contributed by atoms with Gasteiger partial charge in [0.2, 0.25) is 0 Å². The summed E-state index contributed by atoms with van der Waals surface area (Å²) < 4.78 is 1.69. The first-order valence-corrected chi connectivity index (χ1v) is 8.70. The van der Waals surface area contributed by atoms with Crippen molar-refractivity contribution < 1.29 is 4.79 Å². The SMILES string of the molecule is Cc1ccc(NC(=O)c2nnc3c(-c4ccccc4)c(C)nn3c2C)cc1. The maximum absolute atomic E-state index is 12.7. The lowest BCUT2D eigenvalue weighted by atomic mass is 10.1. The Bertz CT molecular complexity index is 1130. The molecule has 0 atom stereocenters. The van der Waals surface area contributed by atoms with Crippen molar-refractivity contribution in [3.8, 4) is 11.1 Å². The van der Waals surface area contributed by atoms with Crippen LogP contribution in [-0.4, -0.2) is 25.7 Å². The van der Waals surface area contributed by atoms with E-state index in [2.05, 4.69) is 20.6 Å². The molecule has 0 spiro atoms. The molecule has 6 nitrogen and oxygen atoms in total. The smallest absolute Gasteiger partial charge is 0.278 e. The van der Waals surface area contributed by atoms with Crippen LogP contribution in [0.5, 0.6) is 0 Å². The Morgan fingerprint density at radius 1 is 0.926 bits per heavy atom. The summed E-state index contributed by atoms with van der Waals surface area (Å²) in [5.41, 5.74) is 6.18. The van der Waals surface area contributed by atoms with E-state index in [0.29, 0.717) is 17.0 Å². The number of amides is 1. The van der Waals surface area contributed by atoms with Gasteiger partial charge >= 0.3 is 0 Å². The summed E-state index contributed by atoms with van der Waals surface area (Å²) in [5.74, 6) is -0.305. The third-order valence-corrected chi connectivity index (χ3v) is 4.53. The van der Waals surface area contributed by atoms with Crippen molar-refractivity contribution in [3.63, 3.8) is 0 Å². The molecule has 4 aromatic rings. The molecule has 1 N–H and O–H groups in total. The van der Waals surface area contributed by atoms with Gasteiger partial charge in [-0.1, -0.05) is 48.0 Å². The molecule has 0 aliphatic rings.